The fourth-order valence-electron chi connectivity index (χ4n) is 2.98. The maximum atomic E-state index is 11.6. The number of rotatable bonds is 3. The van der Waals surface area contributed by atoms with E-state index < -0.39 is 0 Å². The molecule has 1 saturated heterocycles. The molecule has 1 amide bonds. The molecular formula is C16H25N3O. The van der Waals surface area contributed by atoms with Crippen molar-refractivity contribution in [2.24, 2.45) is 5.73 Å². The first-order valence-corrected chi connectivity index (χ1v) is 7.32. The van der Waals surface area contributed by atoms with Crippen LogP contribution in [0.4, 0.5) is 0 Å². The predicted octanol–water partition coefficient (Wildman–Crippen LogP) is 1.47. The van der Waals surface area contributed by atoms with Crippen LogP contribution in [0.3, 0.4) is 0 Å². The van der Waals surface area contributed by atoms with E-state index in [4.69, 9.17) is 5.73 Å². The molecule has 0 spiro atoms. The lowest BCUT2D eigenvalue weighted by Crippen LogP contribution is -2.50. The summed E-state index contributed by atoms with van der Waals surface area (Å²) in [5, 5.41) is 0. The number of hydrogen-bond acceptors (Lipinski definition) is 3. The minimum atomic E-state index is 0.0591. The maximum absolute atomic E-state index is 11.6. The highest BCUT2D eigenvalue weighted by molar-refractivity contribution is 5.78. The van der Waals surface area contributed by atoms with Gasteiger partial charge >= 0.3 is 0 Å². The number of nitrogens with two attached hydrogens (primary N) is 1. The standard InChI is InChI=1S/C16H25N3O/c1-12-4-5-15(13(2)10-12)14(3)18-6-8-19(9-7-18)16(20)11-17/h4-5,10,14H,6-9,11,17H2,1-3H3. The molecule has 0 aromatic heterocycles. The molecule has 1 unspecified atom stereocenters. The van der Waals surface area contributed by atoms with Gasteiger partial charge in [-0.2, -0.15) is 0 Å². The van der Waals surface area contributed by atoms with E-state index >= 15 is 0 Å². The molecule has 4 heteroatoms. The lowest BCUT2D eigenvalue weighted by atomic mass is 9.99. The molecular weight excluding hydrogens is 250 g/mol. The van der Waals surface area contributed by atoms with Gasteiger partial charge in [0, 0.05) is 32.2 Å². The van der Waals surface area contributed by atoms with Gasteiger partial charge in [-0.25, -0.2) is 0 Å². The molecule has 4 nitrogen and oxygen atoms in total. The van der Waals surface area contributed by atoms with Gasteiger partial charge in [-0.1, -0.05) is 23.8 Å². The van der Waals surface area contributed by atoms with Crippen LogP contribution in [0, 0.1) is 13.8 Å². The predicted molar refractivity (Wildman–Crippen MR) is 81.5 cm³/mol. The van der Waals surface area contributed by atoms with Crippen LogP contribution in [0.2, 0.25) is 0 Å². The molecule has 1 atom stereocenters. The molecule has 1 aromatic rings. The quantitative estimate of drug-likeness (QED) is 0.909. The molecule has 2 N–H and O–H groups in total. The van der Waals surface area contributed by atoms with Gasteiger partial charge in [-0.15, -0.1) is 0 Å². The normalized spacial score (nSPS) is 18.1. The van der Waals surface area contributed by atoms with Crippen molar-refractivity contribution in [3.05, 3.63) is 34.9 Å². The van der Waals surface area contributed by atoms with Gasteiger partial charge in [0.15, 0.2) is 0 Å². The Labute approximate surface area is 121 Å². The summed E-state index contributed by atoms with van der Waals surface area (Å²) in [6.45, 7) is 10.1. The molecule has 1 aliphatic rings. The average Bonchev–Trinajstić information content (AvgIpc) is 2.46. The van der Waals surface area contributed by atoms with Crippen molar-refractivity contribution < 1.29 is 4.79 Å². The molecule has 2 rings (SSSR count). The number of piperazine rings is 1. The van der Waals surface area contributed by atoms with E-state index in [1.165, 1.54) is 16.7 Å². The van der Waals surface area contributed by atoms with E-state index in [9.17, 15) is 4.79 Å². The molecule has 0 radical (unpaired) electrons. The summed E-state index contributed by atoms with van der Waals surface area (Å²) in [4.78, 5) is 15.9. The lowest BCUT2D eigenvalue weighted by Gasteiger charge is -2.38. The molecule has 1 aromatic carbocycles. The van der Waals surface area contributed by atoms with E-state index in [2.05, 4.69) is 43.9 Å². The highest BCUT2D eigenvalue weighted by Gasteiger charge is 2.24. The van der Waals surface area contributed by atoms with E-state index in [0.29, 0.717) is 6.04 Å². The van der Waals surface area contributed by atoms with Gasteiger partial charge in [-0.3, -0.25) is 9.69 Å². The average molecular weight is 275 g/mol. The van der Waals surface area contributed by atoms with E-state index in [1.807, 2.05) is 4.90 Å². The smallest absolute Gasteiger partial charge is 0.236 e. The third-order valence-electron chi connectivity index (χ3n) is 4.26. The van der Waals surface area contributed by atoms with E-state index in [0.717, 1.165) is 26.2 Å². The van der Waals surface area contributed by atoms with Gasteiger partial charge < -0.3 is 10.6 Å². The highest BCUT2D eigenvalue weighted by atomic mass is 16.2. The topological polar surface area (TPSA) is 49.6 Å². The Morgan fingerprint density at radius 1 is 1.25 bits per heavy atom. The van der Waals surface area contributed by atoms with Crippen molar-refractivity contribution in [2.75, 3.05) is 32.7 Å². The Morgan fingerprint density at radius 3 is 2.45 bits per heavy atom. The highest BCUT2D eigenvalue weighted by Crippen LogP contribution is 2.25. The largest absolute Gasteiger partial charge is 0.339 e. The van der Waals surface area contributed by atoms with Gasteiger partial charge in [-0.05, 0) is 31.9 Å². The van der Waals surface area contributed by atoms with E-state index in [-0.39, 0.29) is 12.5 Å². The summed E-state index contributed by atoms with van der Waals surface area (Å²) >= 11 is 0. The van der Waals surface area contributed by atoms with Gasteiger partial charge in [0.1, 0.15) is 0 Å². The van der Waals surface area contributed by atoms with Crippen LogP contribution in [0.5, 0.6) is 0 Å². The molecule has 110 valence electrons. The number of benzene rings is 1. The molecule has 0 aliphatic carbocycles. The Balaban J connectivity index is 2.01. The fourth-order valence-corrected chi connectivity index (χ4v) is 2.98. The zero-order valence-corrected chi connectivity index (χ0v) is 12.7. The monoisotopic (exact) mass is 275 g/mol. The molecule has 1 heterocycles. The number of aryl methyl sites for hydroxylation is 2. The summed E-state index contributed by atoms with van der Waals surface area (Å²) in [6, 6.07) is 7.03. The summed E-state index contributed by atoms with van der Waals surface area (Å²) in [5.74, 6) is 0.0591. The number of hydrogen-bond donors (Lipinski definition) is 1. The van der Waals surface area contributed by atoms with Crippen molar-refractivity contribution in [2.45, 2.75) is 26.8 Å². The maximum Gasteiger partial charge on any atom is 0.236 e. The van der Waals surface area contributed by atoms with Gasteiger partial charge in [0.2, 0.25) is 5.91 Å². The van der Waals surface area contributed by atoms with Gasteiger partial charge in [0.05, 0.1) is 6.54 Å². The van der Waals surface area contributed by atoms with Crippen molar-refractivity contribution in [3.63, 3.8) is 0 Å². The van der Waals surface area contributed by atoms with Crippen molar-refractivity contribution in [1.82, 2.24) is 9.80 Å². The summed E-state index contributed by atoms with van der Waals surface area (Å²) < 4.78 is 0. The lowest BCUT2D eigenvalue weighted by molar-refractivity contribution is -0.131. The summed E-state index contributed by atoms with van der Waals surface area (Å²) in [5.41, 5.74) is 9.45. The Kier molecular flexibility index (Phi) is 4.78. The van der Waals surface area contributed by atoms with Crippen LogP contribution in [0.25, 0.3) is 0 Å². The third-order valence-corrected chi connectivity index (χ3v) is 4.26. The number of amides is 1. The fraction of sp³-hybridized carbons (Fsp3) is 0.562. The first-order valence-electron chi connectivity index (χ1n) is 7.32. The Hall–Kier alpha value is -1.39. The molecule has 1 aliphatic heterocycles. The zero-order valence-electron chi connectivity index (χ0n) is 12.7. The van der Waals surface area contributed by atoms with Crippen molar-refractivity contribution in [3.8, 4) is 0 Å². The molecule has 0 saturated carbocycles. The van der Waals surface area contributed by atoms with Crippen LogP contribution in [-0.4, -0.2) is 48.4 Å². The second-order valence-corrected chi connectivity index (χ2v) is 5.66. The SMILES string of the molecule is Cc1ccc(C(C)N2CCN(C(=O)CN)CC2)c(C)c1. The van der Waals surface area contributed by atoms with Crippen molar-refractivity contribution >= 4 is 5.91 Å². The summed E-state index contributed by atoms with van der Waals surface area (Å²) in [6.07, 6.45) is 0. The Morgan fingerprint density at radius 2 is 1.90 bits per heavy atom. The second kappa shape index (κ2) is 6.37. The minimum Gasteiger partial charge on any atom is -0.339 e. The number of carbonyl (C=O) groups excluding carboxylic acids is 1. The second-order valence-electron chi connectivity index (χ2n) is 5.66. The zero-order chi connectivity index (χ0) is 14.7. The van der Waals surface area contributed by atoms with Crippen LogP contribution < -0.4 is 5.73 Å². The molecule has 1 fully saturated rings. The van der Waals surface area contributed by atoms with Gasteiger partial charge in [0.25, 0.3) is 0 Å². The van der Waals surface area contributed by atoms with Crippen LogP contribution in [-0.2, 0) is 4.79 Å². The first kappa shape index (κ1) is 15.0. The number of carbonyl (C=O) groups is 1. The third kappa shape index (κ3) is 3.19. The molecule has 20 heavy (non-hydrogen) atoms. The number of nitrogens with zero attached hydrogens (tertiary/aromatic N) is 2. The van der Waals surface area contributed by atoms with E-state index in [1.54, 1.807) is 0 Å². The summed E-state index contributed by atoms with van der Waals surface area (Å²) in [7, 11) is 0. The van der Waals surface area contributed by atoms with Crippen molar-refractivity contribution in [1.29, 1.82) is 0 Å². The minimum absolute atomic E-state index is 0.0591. The first-order chi connectivity index (χ1) is 9.52. The van der Waals surface area contributed by atoms with Crippen LogP contribution in [0.15, 0.2) is 18.2 Å². The Bertz CT molecular complexity index is 479. The van der Waals surface area contributed by atoms with Crippen LogP contribution in [0.1, 0.15) is 29.7 Å². The molecule has 0 bridgehead atoms. The van der Waals surface area contributed by atoms with Crippen LogP contribution >= 0.6 is 0 Å².